The maximum atomic E-state index is 12.3. The molecule has 0 saturated heterocycles. The molecular formula is C23H33ClN2O4. The number of rotatable bonds is 10. The highest BCUT2D eigenvalue weighted by molar-refractivity contribution is 6.30. The maximum Gasteiger partial charge on any atom is 0.306 e. The highest BCUT2D eigenvalue weighted by atomic mass is 35.5. The normalized spacial score (nSPS) is 23.9. The van der Waals surface area contributed by atoms with E-state index < -0.39 is 17.5 Å². The Labute approximate surface area is 184 Å². The lowest BCUT2D eigenvalue weighted by Gasteiger charge is -2.48. The van der Waals surface area contributed by atoms with E-state index in [1.165, 1.54) is 6.92 Å². The van der Waals surface area contributed by atoms with Crippen LogP contribution in [0.5, 0.6) is 0 Å². The Bertz CT molecular complexity index is 770. The van der Waals surface area contributed by atoms with E-state index in [1.807, 2.05) is 38.4 Å². The van der Waals surface area contributed by atoms with Gasteiger partial charge in [0, 0.05) is 23.4 Å². The van der Waals surface area contributed by atoms with Crippen LogP contribution >= 0.6 is 11.6 Å². The summed E-state index contributed by atoms with van der Waals surface area (Å²) in [7, 11) is 4.06. The van der Waals surface area contributed by atoms with Gasteiger partial charge in [-0.15, -0.1) is 0 Å². The first-order valence-electron chi connectivity index (χ1n) is 10.5. The molecule has 0 heterocycles. The lowest BCUT2D eigenvalue weighted by molar-refractivity contribution is -0.174. The van der Waals surface area contributed by atoms with Crippen molar-refractivity contribution in [3.8, 4) is 0 Å². The highest BCUT2D eigenvalue weighted by Crippen LogP contribution is 2.42. The van der Waals surface area contributed by atoms with E-state index in [9.17, 15) is 14.4 Å². The van der Waals surface area contributed by atoms with Crippen LogP contribution in [0, 0.1) is 0 Å². The Hall–Kier alpha value is -1.92. The van der Waals surface area contributed by atoms with E-state index in [0.29, 0.717) is 50.0 Å². The third-order valence-corrected chi connectivity index (χ3v) is 6.51. The summed E-state index contributed by atoms with van der Waals surface area (Å²) < 4.78 is 5.65. The number of unbranched alkanes of at least 4 members (excludes halogenated alkanes) is 1. The standard InChI is InChI=1S/C23H33ClN2O4/c1-17(27)7-4-5-10-20(28)30-23(21(25)29)13-11-22(12-14-23,26(2)3)16-18-8-6-9-19(24)15-18/h6,8-9,15H,4-5,7,10-14,16H2,1-3H3,(H2,25,29). The van der Waals surface area contributed by atoms with Gasteiger partial charge < -0.3 is 20.2 Å². The van der Waals surface area contributed by atoms with Crippen LogP contribution in [0.4, 0.5) is 0 Å². The van der Waals surface area contributed by atoms with E-state index >= 15 is 0 Å². The molecule has 0 radical (unpaired) electrons. The number of amides is 1. The Balaban J connectivity index is 2.05. The van der Waals surface area contributed by atoms with Crippen molar-refractivity contribution in [3.63, 3.8) is 0 Å². The van der Waals surface area contributed by atoms with Gasteiger partial charge >= 0.3 is 5.97 Å². The number of esters is 1. The second kappa shape index (κ2) is 10.4. The number of hydrogen-bond acceptors (Lipinski definition) is 5. The van der Waals surface area contributed by atoms with Gasteiger partial charge in [-0.2, -0.15) is 0 Å². The lowest BCUT2D eigenvalue weighted by Crippen LogP contribution is -2.57. The summed E-state index contributed by atoms with van der Waals surface area (Å²) in [5.74, 6) is -0.914. The van der Waals surface area contributed by atoms with Crippen molar-refractivity contribution in [2.75, 3.05) is 14.1 Å². The average molecular weight is 437 g/mol. The molecule has 0 aliphatic heterocycles. The summed E-state index contributed by atoms with van der Waals surface area (Å²) in [5.41, 5.74) is 5.39. The van der Waals surface area contributed by atoms with Crippen LogP contribution in [-0.2, 0) is 25.5 Å². The van der Waals surface area contributed by atoms with Crippen LogP contribution in [0.3, 0.4) is 0 Å². The Morgan fingerprint density at radius 1 is 1.10 bits per heavy atom. The predicted octanol–water partition coefficient (Wildman–Crippen LogP) is 3.67. The molecular weight excluding hydrogens is 404 g/mol. The van der Waals surface area contributed by atoms with Gasteiger partial charge in [-0.05, 0) is 83.7 Å². The molecule has 1 aromatic rings. The van der Waals surface area contributed by atoms with E-state index in [0.717, 1.165) is 12.0 Å². The highest BCUT2D eigenvalue weighted by Gasteiger charge is 2.49. The molecule has 0 bridgehead atoms. The van der Waals surface area contributed by atoms with Gasteiger partial charge in [0.05, 0.1) is 0 Å². The predicted molar refractivity (Wildman–Crippen MR) is 117 cm³/mol. The van der Waals surface area contributed by atoms with Crippen LogP contribution in [0.2, 0.25) is 5.02 Å². The molecule has 166 valence electrons. The minimum Gasteiger partial charge on any atom is -0.449 e. The zero-order chi connectivity index (χ0) is 22.4. The van der Waals surface area contributed by atoms with Gasteiger partial charge in [-0.1, -0.05) is 23.7 Å². The van der Waals surface area contributed by atoms with Gasteiger partial charge in [-0.25, -0.2) is 0 Å². The Morgan fingerprint density at radius 2 is 1.73 bits per heavy atom. The van der Waals surface area contributed by atoms with E-state index in [1.54, 1.807) is 0 Å². The number of Topliss-reactive ketones (excluding diaryl/α,β-unsaturated/α-hetero) is 1. The first-order chi connectivity index (χ1) is 14.1. The first kappa shape index (κ1) is 24.4. The Kier molecular flexibility index (Phi) is 8.44. The fourth-order valence-electron chi connectivity index (χ4n) is 4.24. The van der Waals surface area contributed by atoms with Gasteiger partial charge in [0.15, 0.2) is 5.60 Å². The zero-order valence-corrected chi connectivity index (χ0v) is 19.0. The van der Waals surface area contributed by atoms with Crippen molar-refractivity contribution >= 4 is 29.3 Å². The van der Waals surface area contributed by atoms with Crippen LogP contribution < -0.4 is 5.73 Å². The number of nitrogens with zero attached hydrogens (tertiary/aromatic N) is 1. The number of ketones is 1. The summed E-state index contributed by atoms with van der Waals surface area (Å²) in [6, 6.07) is 7.80. The monoisotopic (exact) mass is 436 g/mol. The van der Waals surface area contributed by atoms with Gasteiger partial charge in [0.25, 0.3) is 5.91 Å². The van der Waals surface area contributed by atoms with Crippen molar-refractivity contribution in [3.05, 3.63) is 34.9 Å². The fourth-order valence-corrected chi connectivity index (χ4v) is 4.45. The van der Waals surface area contributed by atoms with Crippen LogP contribution in [-0.4, -0.2) is 47.8 Å². The molecule has 0 aromatic heterocycles. The molecule has 1 aliphatic carbocycles. The van der Waals surface area contributed by atoms with Gasteiger partial charge in [0.1, 0.15) is 5.78 Å². The average Bonchev–Trinajstić information content (AvgIpc) is 2.66. The van der Waals surface area contributed by atoms with Crippen molar-refractivity contribution in [1.29, 1.82) is 0 Å². The number of halogens is 1. The third kappa shape index (κ3) is 6.29. The number of likely N-dealkylation sites (N-methyl/N-ethyl adjacent to an activating group) is 1. The number of ether oxygens (including phenoxy) is 1. The minimum atomic E-state index is -1.26. The molecule has 1 aliphatic rings. The van der Waals surface area contributed by atoms with Crippen molar-refractivity contribution in [2.24, 2.45) is 5.73 Å². The second-order valence-corrected chi connectivity index (χ2v) is 9.10. The van der Waals surface area contributed by atoms with E-state index in [-0.39, 0.29) is 17.7 Å². The van der Waals surface area contributed by atoms with Crippen LogP contribution in [0.1, 0.15) is 63.9 Å². The fraction of sp³-hybridized carbons (Fsp3) is 0.609. The number of carbonyl (C=O) groups excluding carboxylic acids is 3. The summed E-state index contributed by atoms with van der Waals surface area (Å²) >= 11 is 6.15. The minimum absolute atomic E-state index is 0.101. The maximum absolute atomic E-state index is 12.3. The van der Waals surface area contributed by atoms with Gasteiger partial charge in [0.2, 0.25) is 0 Å². The van der Waals surface area contributed by atoms with Crippen LogP contribution in [0.25, 0.3) is 0 Å². The summed E-state index contributed by atoms with van der Waals surface area (Å²) in [6.45, 7) is 1.53. The molecule has 1 fully saturated rings. The number of hydrogen-bond donors (Lipinski definition) is 1. The summed E-state index contributed by atoms with van der Waals surface area (Å²) in [5, 5.41) is 0.697. The SMILES string of the molecule is CC(=O)CCCCC(=O)OC1(C(N)=O)CCC(Cc2cccc(Cl)c2)(N(C)C)CC1. The molecule has 0 unspecified atom stereocenters. The summed E-state index contributed by atoms with van der Waals surface area (Å²) in [4.78, 5) is 37.8. The molecule has 1 amide bonds. The quantitative estimate of drug-likeness (QED) is 0.446. The third-order valence-electron chi connectivity index (χ3n) is 6.28. The molecule has 30 heavy (non-hydrogen) atoms. The largest absolute Gasteiger partial charge is 0.449 e. The Morgan fingerprint density at radius 3 is 2.27 bits per heavy atom. The van der Waals surface area contributed by atoms with Crippen molar-refractivity contribution in [1.82, 2.24) is 4.90 Å². The molecule has 1 aromatic carbocycles. The number of nitrogens with two attached hydrogens (primary N) is 1. The molecule has 7 heteroatoms. The smallest absolute Gasteiger partial charge is 0.306 e. The summed E-state index contributed by atoms with van der Waals surface area (Å²) in [6.07, 6.45) is 4.74. The lowest BCUT2D eigenvalue weighted by atomic mass is 9.70. The molecule has 2 N–H and O–H groups in total. The number of primary amides is 1. The first-order valence-corrected chi connectivity index (χ1v) is 10.9. The number of benzene rings is 1. The second-order valence-electron chi connectivity index (χ2n) is 8.67. The van der Waals surface area contributed by atoms with Crippen LogP contribution in [0.15, 0.2) is 24.3 Å². The number of carbonyl (C=O) groups is 3. The molecule has 2 rings (SSSR count). The molecule has 6 nitrogen and oxygen atoms in total. The molecule has 0 atom stereocenters. The molecule has 0 spiro atoms. The topological polar surface area (TPSA) is 89.7 Å². The van der Waals surface area contributed by atoms with Crippen molar-refractivity contribution in [2.45, 2.75) is 75.9 Å². The van der Waals surface area contributed by atoms with Crippen molar-refractivity contribution < 1.29 is 19.1 Å². The van der Waals surface area contributed by atoms with E-state index in [4.69, 9.17) is 22.1 Å². The van der Waals surface area contributed by atoms with Gasteiger partial charge in [-0.3, -0.25) is 9.59 Å². The van der Waals surface area contributed by atoms with E-state index in [2.05, 4.69) is 4.90 Å². The molecule has 1 saturated carbocycles. The zero-order valence-electron chi connectivity index (χ0n) is 18.2.